The average molecular weight is 302 g/mol. The summed E-state index contributed by atoms with van der Waals surface area (Å²) in [4.78, 5) is 17.2. The predicted molar refractivity (Wildman–Crippen MR) is 89.2 cm³/mol. The first-order chi connectivity index (χ1) is 11.2. The van der Waals surface area contributed by atoms with Crippen LogP contribution in [0.3, 0.4) is 0 Å². The summed E-state index contributed by atoms with van der Waals surface area (Å²) in [5, 5.41) is 4.84. The lowest BCUT2D eigenvalue weighted by atomic mass is 10.2. The van der Waals surface area contributed by atoms with E-state index in [4.69, 9.17) is 0 Å². The van der Waals surface area contributed by atoms with Gasteiger partial charge in [0.15, 0.2) is 5.65 Å². The number of nitrogens with zero attached hydrogens (tertiary/aromatic N) is 4. The van der Waals surface area contributed by atoms with Crippen LogP contribution in [0.15, 0.2) is 71.9 Å². The van der Waals surface area contributed by atoms with Crippen molar-refractivity contribution >= 4 is 11.0 Å². The minimum absolute atomic E-state index is 0.125. The fourth-order valence-corrected chi connectivity index (χ4v) is 2.63. The number of benzene rings is 2. The van der Waals surface area contributed by atoms with Crippen molar-refractivity contribution < 1.29 is 0 Å². The van der Waals surface area contributed by atoms with Crippen molar-refractivity contribution in [3.05, 3.63) is 83.0 Å². The highest BCUT2D eigenvalue weighted by molar-refractivity contribution is 5.75. The molecule has 0 bridgehead atoms. The Morgan fingerprint density at radius 2 is 1.74 bits per heavy atom. The monoisotopic (exact) mass is 302 g/mol. The van der Waals surface area contributed by atoms with Crippen molar-refractivity contribution in [2.45, 2.75) is 6.92 Å². The van der Waals surface area contributed by atoms with Gasteiger partial charge in [-0.15, -0.1) is 0 Å². The van der Waals surface area contributed by atoms with Crippen molar-refractivity contribution in [2.75, 3.05) is 0 Å². The van der Waals surface area contributed by atoms with Gasteiger partial charge in [0, 0.05) is 0 Å². The molecule has 23 heavy (non-hydrogen) atoms. The Bertz CT molecular complexity index is 1050. The molecule has 0 aliphatic heterocycles. The topological polar surface area (TPSA) is 52.7 Å². The second-order valence-electron chi connectivity index (χ2n) is 5.39. The summed E-state index contributed by atoms with van der Waals surface area (Å²) in [7, 11) is 0. The summed E-state index contributed by atoms with van der Waals surface area (Å²) in [5.74, 6) is 0. The second kappa shape index (κ2) is 5.21. The van der Waals surface area contributed by atoms with Gasteiger partial charge in [-0.1, -0.05) is 30.3 Å². The maximum atomic E-state index is 12.7. The Morgan fingerprint density at radius 1 is 0.957 bits per heavy atom. The van der Waals surface area contributed by atoms with E-state index in [1.807, 2.05) is 61.5 Å². The van der Waals surface area contributed by atoms with Gasteiger partial charge < -0.3 is 0 Å². The van der Waals surface area contributed by atoms with Crippen LogP contribution < -0.4 is 5.56 Å². The zero-order valence-electron chi connectivity index (χ0n) is 12.5. The second-order valence-corrected chi connectivity index (χ2v) is 5.39. The first kappa shape index (κ1) is 13.5. The van der Waals surface area contributed by atoms with Crippen LogP contribution >= 0.6 is 0 Å². The van der Waals surface area contributed by atoms with Crippen molar-refractivity contribution in [1.82, 2.24) is 19.3 Å². The zero-order chi connectivity index (χ0) is 15.8. The van der Waals surface area contributed by atoms with Crippen molar-refractivity contribution in [3.8, 4) is 11.4 Å². The van der Waals surface area contributed by atoms with Gasteiger partial charge in [-0.2, -0.15) is 5.10 Å². The molecule has 112 valence electrons. The highest BCUT2D eigenvalue weighted by Crippen LogP contribution is 2.15. The van der Waals surface area contributed by atoms with E-state index in [0.717, 1.165) is 16.9 Å². The van der Waals surface area contributed by atoms with Gasteiger partial charge in [0.05, 0.1) is 17.6 Å². The maximum absolute atomic E-state index is 12.7. The predicted octanol–water partition coefficient (Wildman–Crippen LogP) is 2.88. The van der Waals surface area contributed by atoms with Crippen LogP contribution in [0.2, 0.25) is 0 Å². The lowest BCUT2D eigenvalue weighted by Gasteiger charge is -2.06. The van der Waals surface area contributed by atoms with Gasteiger partial charge in [0.25, 0.3) is 5.56 Å². The highest BCUT2D eigenvalue weighted by atomic mass is 16.1. The number of aromatic nitrogens is 4. The summed E-state index contributed by atoms with van der Waals surface area (Å²) >= 11 is 0. The molecule has 0 aliphatic rings. The van der Waals surface area contributed by atoms with Gasteiger partial charge in [-0.25, -0.2) is 9.67 Å². The molecule has 0 saturated carbocycles. The molecular weight excluding hydrogens is 288 g/mol. The molecule has 0 radical (unpaired) electrons. The molecule has 0 fully saturated rings. The van der Waals surface area contributed by atoms with E-state index in [2.05, 4.69) is 10.1 Å². The summed E-state index contributed by atoms with van der Waals surface area (Å²) in [5.41, 5.74) is 3.25. The standard InChI is InChI=1S/C18H14N4O/c1-13-6-5-9-15(10-13)22-17-16(11-20-22)18(23)21(12-19-17)14-7-3-2-4-8-14/h2-12H,1H3. The first-order valence-corrected chi connectivity index (χ1v) is 7.32. The minimum Gasteiger partial charge on any atom is -0.268 e. The Balaban J connectivity index is 1.93. The zero-order valence-corrected chi connectivity index (χ0v) is 12.5. The molecule has 0 N–H and O–H groups in total. The molecule has 0 unspecified atom stereocenters. The number of para-hydroxylation sites is 1. The third kappa shape index (κ3) is 2.23. The summed E-state index contributed by atoms with van der Waals surface area (Å²) < 4.78 is 3.23. The fraction of sp³-hybridized carbons (Fsp3) is 0.0556. The molecule has 0 saturated heterocycles. The van der Waals surface area contributed by atoms with E-state index in [1.54, 1.807) is 17.2 Å². The molecule has 0 amide bonds. The Labute approximate surface area is 132 Å². The summed E-state index contributed by atoms with van der Waals surface area (Å²) in [6.45, 7) is 2.02. The van der Waals surface area contributed by atoms with E-state index in [-0.39, 0.29) is 5.56 Å². The normalized spacial score (nSPS) is 11.0. The quantitative estimate of drug-likeness (QED) is 0.572. The molecule has 0 aliphatic carbocycles. The lowest BCUT2D eigenvalue weighted by molar-refractivity contribution is 0.884. The number of hydrogen-bond acceptors (Lipinski definition) is 3. The number of aryl methyl sites for hydroxylation is 1. The van der Waals surface area contributed by atoms with Gasteiger partial charge >= 0.3 is 0 Å². The van der Waals surface area contributed by atoms with Crippen LogP contribution in [0.5, 0.6) is 0 Å². The van der Waals surface area contributed by atoms with Crippen LogP contribution in [0.4, 0.5) is 0 Å². The minimum atomic E-state index is -0.125. The SMILES string of the molecule is Cc1cccc(-n2ncc3c(=O)n(-c4ccccc4)cnc32)c1. The van der Waals surface area contributed by atoms with E-state index < -0.39 is 0 Å². The Morgan fingerprint density at radius 3 is 2.52 bits per heavy atom. The molecule has 2 heterocycles. The van der Waals surface area contributed by atoms with Crippen LogP contribution in [-0.2, 0) is 0 Å². The van der Waals surface area contributed by atoms with Gasteiger partial charge in [0.1, 0.15) is 11.7 Å². The Hall–Kier alpha value is -3.21. The highest BCUT2D eigenvalue weighted by Gasteiger charge is 2.12. The molecule has 0 atom stereocenters. The van der Waals surface area contributed by atoms with E-state index in [0.29, 0.717) is 11.0 Å². The summed E-state index contributed by atoms with van der Waals surface area (Å²) in [6.07, 6.45) is 3.13. The Kier molecular flexibility index (Phi) is 3.05. The molecule has 2 aromatic heterocycles. The maximum Gasteiger partial charge on any atom is 0.269 e. The van der Waals surface area contributed by atoms with Gasteiger partial charge in [-0.05, 0) is 36.8 Å². The number of fused-ring (bicyclic) bond motifs is 1. The molecule has 0 spiro atoms. The largest absolute Gasteiger partial charge is 0.269 e. The van der Waals surface area contributed by atoms with Crippen LogP contribution in [0, 0.1) is 6.92 Å². The molecular formula is C18H14N4O. The first-order valence-electron chi connectivity index (χ1n) is 7.32. The molecule has 4 rings (SSSR count). The van der Waals surface area contributed by atoms with E-state index in [1.165, 1.54) is 4.57 Å². The van der Waals surface area contributed by atoms with Crippen molar-refractivity contribution in [1.29, 1.82) is 0 Å². The van der Waals surface area contributed by atoms with E-state index in [9.17, 15) is 4.79 Å². The average Bonchev–Trinajstić information content (AvgIpc) is 3.01. The third-order valence-corrected chi connectivity index (χ3v) is 3.77. The van der Waals surface area contributed by atoms with Crippen LogP contribution in [0.25, 0.3) is 22.4 Å². The van der Waals surface area contributed by atoms with Crippen molar-refractivity contribution in [2.24, 2.45) is 0 Å². The molecule has 2 aromatic carbocycles. The van der Waals surface area contributed by atoms with Gasteiger partial charge in [-0.3, -0.25) is 9.36 Å². The molecule has 5 heteroatoms. The van der Waals surface area contributed by atoms with E-state index >= 15 is 0 Å². The van der Waals surface area contributed by atoms with Crippen LogP contribution in [0.1, 0.15) is 5.56 Å². The van der Waals surface area contributed by atoms with Gasteiger partial charge in [0.2, 0.25) is 0 Å². The number of hydrogen-bond donors (Lipinski definition) is 0. The third-order valence-electron chi connectivity index (χ3n) is 3.77. The smallest absolute Gasteiger partial charge is 0.268 e. The fourth-order valence-electron chi connectivity index (χ4n) is 2.63. The lowest BCUT2D eigenvalue weighted by Crippen LogP contribution is -2.18. The summed E-state index contributed by atoms with van der Waals surface area (Å²) in [6, 6.07) is 17.4. The molecule has 5 nitrogen and oxygen atoms in total. The van der Waals surface area contributed by atoms with Crippen molar-refractivity contribution in [3.63, 3.8) is 0 Å². The number of rotatable bonds is 2. The van der Waals surface area contributed by atoms with Crippen LogP contribution in [-0.4, -0.2) is 19.3 Å². The molecule has 4 aromatic rings.